The molecule has 0 aliphatic carbocycles. The number of hydrogen-bond acceptors (Lipinski definition) is 3. The normalized spacial score (nSPS) is 11.4. The summed E-state index contributed by atoms with van der Waals surface area (Å²) < 4.78 is 25.7. The summed E-state index contributed by atoms with van der Waals surface area (Å²) in [6.45, 7) is 0. The number of halogens is 2. The van der Waals surface area contributed by atoms with Gasteiger partial charge in [-0.15, -0.1) is 0 Å². The highest BCUT2D eigenvalue weighted by atomic mass is 32.1. The monoisotopic (exact) mass is 215 g/mol. The van der Waals surface area contributed by atoms with E-state index in [2.05, 4.69) is 0 Å². The fraction of sp³-hybridized carbons (Fsp3) is 0.111. The average molecular weight is 215 g/mol. The Balaban J connectivity index is 2.84. The lowest BCUT2D eigenvalue weighted by Crippen LogP contribution is -1.88. The molecule has 14 heavy (non-hydrogen) atoms. The number of fused-ring (bicyclic) bond motifs is 1. The second-order valence-electron chi connectivity index (χ2n) is 2.84. The Labute approximate surface area is 82.6 Å². The van der Waals surface area contributed by atoms with Crippen LogP contribution in [-0.4, -0.2) is 5.11 Å². The zero-order valence-electron chi connectivity index (χ0n) is 7.00. The van der Waals surface area contributed by atoms with Gasteiger partial charge in [0, 0.05) is 15.6 Å². The number of alkyl halides is 2. The first-order valence-corrected chi connectivity index (χ1v) is 4.71. The summed E-state index contributed by atoms with van der Waals surface area (Å²) in [4.78, 5) is 0. The number of anilines is 1. The number of nitrogens with two attached hydrogens (primary N) is 1. The molecule has 0 radical (unpaired) electrons. The van der Waals surface area contributed by atoms with E-state index < -0.39 is 6.43 Å². The highest BCUT2D eigenvalue weighted by Gasteiger charge is 2.17. The molecule has 0 aliphatic heterocycles. The number of benzene rings is 1. The van der Waals surface area contributed by atoms with Gasteiger partial charge in [-0.05, 0) is 6.07 Å². The second kappa shape index (κ2) is 3.09. The SMILES string of the molecule is Nc1c(O)sc2cccc(C(F)F)c12. The van der Waals surface area contributed by atoms with Gasteiger partial charge < -0.3 is 10.8 Å². The molecule has 0 unspecified atom stereocenters. The van der Waals surface area contributed by atoms with E-state index in [1.165, 1.54) is 12.1 Å². The molecule has 0 fully saturated rings. The molecule has 0 atom stereocenters. The van der Waals surface area contributed by atoms with Gasteiger partial charge in [0.05, 0.1) is 5.69 Å². The van der Waals surface area contributed by atoms with Gasteiger partial charge in [0.15, 0.2) is 5.06 Å². The summed E-state index contributed by atoms with van der Waals surface area (Å²) in [5, 5.41) is 9.46. The van der Waals surface area contributed by atoms with Crippen LogP contribution in [0.3, 0.4) is 0 Å². The zero-order chi connectivity index (χ0) is 10.3. The van der Waals surface area contributed by atoms with Gasteiger partial charge in [-0.1, -0.05) is 23.5 Å². The summed E-state index contributed by atoms with van der Waals surface area (Å²) in [7, 11) is 0. The molecule has 0 spiro atoms. The van der Waals surface area contributed by atoms with E-state index in [1.807, 2.05) is 0 Å². The third-order valence-corrected chi connectivity index (χ3v) is 2.97. The van der Waals surface area contributed by atoms with E-state index in [-0.39, 0.29) is 21.7 Å². The van der Waals surface area contributed by atoms with Gasteiger partial charge in [0.2, 0.25) is 0 Å². The molecule has 5 heteroatoms. The first-order valence-electron chi connectivity index (χ1n) is 3.89. The zero-order valence-corrected chi connectivity index (χ0v) is 7.81. The fourth-order valence-corrected chi connectivity index (χ4v) is 2.27. The van der Waals surface area contributed by atoms with Crippen LogP contribution in [0.5, 0.6) is 5.06 Å². The van der Waals surface area contributed by atoms with E-state index in [0.29, 0.717) is 4.70 Å². The van der Waals surface area contributed by atoms with Crippen molar-refractivity contribution in [1.82, 2.24) is 0 Å². The Morgan fingerprint density at radius 3 is 2.71 bits per heavy atom. The smallest absolute Gasteiger partial charge is 0.264 e. The van der Waals surface area contributed by atoms with Crippen LogP contribution in [0.4, 0.5) is 14.5 Å². The van der Waals surface area contributed by atoms with E-state index in [0.717, 1.165) is 11.3 Å². The summed E-state index contributed by atoms with van der Waals surface area (Å²) in [6, 6.07) is 4.50. The van der Waals surface area contributed by atoms with Crippen LogP contribution in [-0.2, 0) is 0 Å². The molecule has 1 aromatic heterocycles. The highest BCUT2D eigenvalue weighted by molar-refractivity contribution is 7.21. The summed E-state index contributed by atoms with van der Waals surface area (Å²) in [5.41, 5.74) is 5.42. The first-order chi connectivity index (χ1) is 6.61. The van der Waals surface area contributed by atoms with Gasteiger partial charge >= 0.3 is 0 Å². The van der Waals surface area contributed by atoms with Crippen LogP contribution in [0.1, 0.15) is 12.0 Å². The van der Waals surface area contributed by atoms with Crippen LogP contribution in [0.25, 0.3) is 10.1 Å². The highest BCUT2D eigenvalue weighted by Crippen LogP contribution is 2.42. The predicted molar refractivity (Wildman–Crippen MR) is 52.9 cm³/mol. The molecular formula is C9H7F2NOS. The van der Waals surface area contributed by atoms with Crippen LogP contribution >= 0.6 is 11.3 Å². The topological polar surface area (TPSA) is 46.2 Å². The fourth-order valence-electron chi connectivity index (χ4n) is 1.37. The van der Waals surface area contributed by atoms with Crippen LogP contribution in [0, 0.1) is 0 Å². The van der Waals surface area contributed by atoms with Crippen molar-refractivity contribution in [2.75, 3.05) is 5.73 Å². The third kappa shape index (κ3) is 1.21. The number of rotatable bonds is 1. The molecule has 2 nitrogen and oxygen atoms in total. The van der Waals surface area contributed by atoms with E-state index in [9.17, 15) is 13.9 Å². The van der Waals surface area contributed by atoms with Crippen LogP contribution in [0.15, 0.2) is 18.2 Å². The lowest BCUT2D eigenvalue weighted by atomic mass is 10.1. The van der Waals surface area contributed by atoms with Crippen molar-refractivity contribution in [2.45, 2.75) is 6.43 Å². The van der Waals surface area contributed by atoms with Crippen molar-refractivity contribution in [3.8, 4) is 5.06 Å². The number of nitrogen functional groups attached to an aromatic ring is 1. The Bertz CT molecular complexity index is 481. The van der Waals surface area contributed by atoms with Crippen molar-refractivity contribution >= 4 is 27.1 Å². The Morgan fingerprint density at radius 1 is 1.36 bits per heavy atom. The molecule has 1 aromatic carbocycles. The Kier molecular flexibility index (Phi) is 2.03. The molecule has 0 aliphatic rings. The number of hydrogen-bond donors (Lipinski definition) is 2. The third-order valence-electron chi connectivity index (χ3n) is 2.00. The van der Waals surface area contributed by atoms with Crippen molar-refractivity contribution < 1.29 is 13.9 Å². The molecule has 1 heterocycles. The van der Waals surface area contributed by atoms with Gasteiger partial charge in [0.1, 0.15) is 0 Å². The second-order valence-corrected chi connectivity index (χ2v) is 3.87. The number of thiophene rings is 1. The maximum atomic E-state index is 12.6. The lowest BCUT2D eigenvalue weighted by molar-refractivity contribution is 0.153. The predicted octanol–water partition coefficient (Wildman–Crippen LogP) is 3.13. The van der Waals surface area contributed by atoms with E-state index >= 15 is 0 Å². The maximum Gasteiger partial charge on any atom is 0.264 e. The van der Waals surface area contributed by atoms with Crippen molar-refractivity contribution in [1.29, 1.82) is 0 Å². The van der Waals surface area contributed by atoms with Gasteiger partial charge in [-0.25, -0.2) is 8.78 Å². The minimum atomic E-state index is -2.57. The van der Waals surface area contributed by atoms with E-state index in [4.69, 9.17) is 5.73 Å². The summed E-state index contributed by atoms with van der Waals surface area (Å²) in [5.74, 6) is 0. The minimum Gasteiger partial charge on any atom is -0.498 e. The van der Waals surface area contributed by atoms with Gasteiger partial charge in [0.25, 0.3) is 6.43 Å². The van der Waals surface area contributed by atoms with Crippen LogP contribution < -0.4 is 5.73 Å². The number of aromatic hydroxyl groups is 1. The average Bonchev–Trinajstić information content (AvgIpc) is 2.43. The summed E-state index contributed by atoms with van der Waals surface area (Å²) in [6.07, 6.45) is -2.57. The molecule has 0 amide bonds. The molecule has 3 N–H and O–H groups in total. The van der Waals surface area contributed by atoms with Crippen molar-refractivity contribution in [2.24, 2.45) is 0 Å². The lowest BCUT2D eigenvalue weighted by Gasteiger charge is -2.01. The minimum absolute atomic E-state index is 0.0425. The van der Waals surface area contributed by atoms with Gasteiger partial charge in [-0.2, -0.15) is 0 Å². The Hall–Kier alpha value is -1.36. The maximum absolute atomic E-state index is 12.6. The molecule has 0 bridgehead atoms. The van der Waals surface area contributed by atoms with Crippen LogP contribution in [0.2, 0.25) is 0 Å². The molecular weight excluding hydrogens is 208 g/mol. The molecule has 74 valence electrons. The molecule has 2 aromatic rings. The molecule has 0 saturated carbocycles. The van der Waals surface area contributed by atoms with Gasteiger partial charge in [-0.3, -0.25) is 0 Å². The molecule has 2 rings (SSSR count). The Morgan fingerprint density at radius 2 is 2.07 bits per heavy atom. The molecule has 0 saturated heterocycles. The largest absolute Gasteiger partial charge is 0.498 e. The summed E-state index contributed by atoms with van der Waals surface area (Å²) >= 11 is 1.01. The standard InChI is InChI=1S/C9H7F2NOS/c10-8(11)4-2-1-3-5-6(4)7(12)9(13)14-5/h1-3,8,13H,12H2. The van der Waals surface area contributed by atoms with Crippen molar-refractivity contribution in [3.63, 3.8) is 0 Å². The first kappa shape index (κ1) is 9.21. The van der Waals surface area contributed by atoms with E-state index in [1.54, 1.807) is 6.07 Å². The quantitative estimate of drug-likeness (QED) is 0.767. The van der Waals surface area contributed by atoms with Crippen molar-refractivity contribution in [3.05, 3.63) is 23.8 Å².